The summed E-state index contributed by atoms with van der Waals surface area (Å²) in [6, 6.07) is 6.95. The second-order valence-corrected chi connectivity index (χ2v) is 6.19. The number of amides is 1. The number of halogens is 3. The minimum absolute atomic E-state index is 0.0804. The smallest absolute Gasteiger partial charge is 0.325 e. The van der Waals surface area contributed by atoms with Crippen LogP contribution in [0.3, 0.4) is 0 Å². The quantitative estimate of drug-likeness (QED) is 0.657. The topological polar surface area (TPSA) is 60.7 Å². The van der Waals surface area contributed by atoms with E-state index < -0.39 is 35.9 Å². The maximum atomic E-state index is 14.2. The molecule has 0 fully saturated rings. The molecule has 2 aromatic carbocycles. The van der Waals surface area contributed by atoms with Gasteiger partial charge < -0.3 is 9.30 Å². The first-order valence-corrected chi connectivity index (χ1v) is 8.11. The number of rotatable bonds is 3. The highest BCUT2D eigenvalue weighted by Crippen LogP contribution is 2.22. The Kier molecular flexibility index (Phi) is 4.90. The summed E-state index contributed by atoms with van der Waals surface area (Å²) in [5, 5.41) is 0. The van der Waals surface area contributed by atoms with Crippen molar-refractivity contribution in [3.63, 3.8) is 0 Å². The Hall–Kier alpha value is -2.94. The van der Waals surface area contributed by atoms with Crippen LogP contribution in [0.1, 0.15) is 10.4 Å². The molecule has 0 radical (unpaired) electrons. The number of ether oxygens (including phenoxy) is 1. The van der Waals surface area contributed by atoms with Crippen molar-refractivity contribution in [3.05, 3.63) is 64.2 Å². The van der Waals surface area contributed by atoms with Crippen molar-refractivity contribution in [2.45, 2.75) is 6.54 Å². The molecule has 1 amide bonds. The minimum atomic E-state index is -0.917. The monoisotopic (exact) mass is 380 g/mol. The predicted octanol–water partition coefficient (Wildman–Crippen LogP) is 3.03. The van der Waals surface area contributed by atoms with Gasteiger partial charge in [0.25, 0.3) is 5.91 Å². The highest BCUT2D eigenvalue weighted by Gasteiger charge is 2.17. The second kappa shape index (κ2) is 7.12. The fourth-order valence-electron chi connectivity index (χ4n) is 2.34. The third kappa shape index (κ3) is 3.38. The molecule has 0 aliphatic heterocycles. The van der Waals surface area contributed by atoms with Crippen LogP contribution in [0.15, 0.2) is 41.4 Å². The molecule has 0 aliphatic rings. The number of nitrogens with zero attached hydrogens (tertiary/aromatic N) is 2. The second-order valence-electron chi connectivity index (χ2n) is 5.18. The fourth-order valence-corrected chi connectivity index (χ4v) is 3.40. The molecule has 134 valence electrons. The van der Waals surface area contributed by atoms with Crippen LogP contribution in [-0.4, -0.2) is 23.6 Å². The summed E-state index contributed by atoms with van der Waals surface area (Å²) in [5.41, 5.74) is -0.372. The lowest BCUT2D eigenvalue weighted by molar-refractivity contribution is -0.141. The number of carbonyl (C=O) groups is 2. The molecule has 0 unspecified atom stereocenters. The molecule has 0 bridgehead atoms. The van der Waals surface area contributed by atoms with Gasteiger partial charge in [0.05, 0.1) is 22.9 Å². The molecule has 3 rings (SSSR count). The van der Waals surface area contributed by atoms with E-state index in [1.54, 1.807) is 0 Å². The van der Waals surface area contributed by atoms with Crippen LogP contribution in [0.25, 0.3) is 10.2 Å². The van der Waals surface area contributed by atoms with Crippen molar-refractivity contribution >= 4 is 33.4 Å². The summed E-state index contributed by atoms with van der Waals surface area (Å²) < 4.78 is 47.2. The zero-order chi connectivity index (χ0) is 18.8. The van der Waals surface area contributed by atoms with E-state index in [1.807, 2.05) is 0 Å². The van der Waals surface area contributed by atoms with E-state index in [1.165, 1.54) is 18.2 Å². The number of fused-ring (bicyclic) bond motifs is 1. The largest absolute Gasteiger partial charge is 0.468 e. The molecule has 0 saturated carbocycles. The van der Waals surface area contributed by atoms with Crippen LogP contribution >= 0.6 is 11.3 Å². The van der Waals surface area contributed by atoms with E-state index in [4.69, 9.17) is 0 Å². The number of carbonyl (C=O) groups excluding carboxylic acids is 2. The Balaban J connectivity index is 2.22. The molecular formula is C17H11F3N2O3S. The lowest BCUT2D eigenvalue weighted by Gasteiger charge is -2.04. The molecule has 5 nitrogen and oxygen atoms in total. The van der Waals surface area contributed by atoms with E-state index in [2.05, 4.69) is 9.73 Å². The van der Waals surface area contributed by atoms with Gasteiger partial charge in [-0.2, -0.15) is 4.99 Å². The molecule has 3 aromatic rings. The number of hydrogen-bond acceptors (Lipinski definition) is 4. The summed E-state index contributed by atoms with van der Waals surface area (Å²) in [4.78, 5) is 27.6. The number of benzene rings is 2. The highest BCUT2D eigenvalue weighted by atomic mass is 32.1. The standard InChI is InChI=1S/C17H11F3N2O3S/c1-25-14(23)8-22-15-12(20)6-9(18)7-13(15)26-17(22)21-16(24)10-4-2-3-5-11(10)19/h2-7H,8H2,1H3. The van der Waals surface area contributed by atoms with Crippen LogP contribution in [0.2, 0.25) is 0 Å². The summed E-state index contributed by atoms with van der Waals surface area (Å²) in [5.74, 6) is -4.12. The fraction of sp³-hybridized carbons (Fsp3) is 0.118. The summed E-state index contributed by atoms with van der Waals surface area (Å²) >= 11 is 0.799. The minimum Gasteiger partial charge on any atom is -0.468 e. The van der Waals surface area contributed by atoms with Gasteiger partial charge in [-0.25, -0.2) is 13.2 Å². The van der Waals surface area contributed by atoms with Gasteiger partial charge in [0.1, 0.15) is 18.2 Å². The highest BCUT2D eigenvalue weighted by molar-refractivity contribution is 7.16. The first kappa shape index (κ1) is 17.9. The summed E-state index contributed by atoms with van der Waals surface area (Å²) in [6.07, 6.45) is 0. The van der Waals surface area contributed by atoms with Gasteiger partial charge in [-0.3, -0.25) is 9.59 Å². The maximum absolute atomic E-state index is 14.2. The van der Waals surface area contributed by atoms with Crippen LogP contribution < -0.4 is 4.80 Å². The van der Waals surface area contributed by atoms with E-state index in [0.29, 0.717) is 6.07 Å². The van der Waals surface area contributed by atoms with Gasteiger partial charge in [0.2, 0.25) is 0 Å². The van der Waals surface area contributed by atoms with Crippen molar-refractivity contribution in [2.24, 2.45) is 4.99 Å². The molecule has 0 aliphatic carbocycles. The average molecular weight is 380 g/mol. The lowest BCUT2D eigenvalue weighted by atomic mass is 10.2. The van der Waals surface area contributed by atoms with Gasteiger partial charge in [-0.05, 0) is 18.2 Å². The van der Waals surface area contributed by atoms with Gasteiger partial charge in [-0.1, -0.05) is 23.5 Å². The van der Waals surface area contributed by atoms with Crippen molar-refractivity contribution < 1.29 is 27.5 Å². The Labute approximate surface area is 149 Å². The number of aromatic nitrogens is 1. The molecule has 26 heavy (non-hydrogen) atoms. The molecule has 0 atom stereocenters. The first-order valence-electron chi connectivity index (χ1n) is 7.29. The summed E-state index contributed by atoms with van der Waals surface area (Å²) in [6.45, 7) is -0.442. The Morgan fingerprint density at radius 3 is 2.58 bits per heavy atom. The first-order chi connectivity index (χ1) is 12.4. The van der Waals surface area contributed by atoms with Gasteiger partial charge >= 0.3 is 5.97 Å². The van der Waals surface area contributed by atoms with Gasteiger partial charge in [0, 0.05) is 6.07 Å². The number of thiazole rings is 1. The van der Waals surface area contributed by atoms with Crippen molar-refractivity contribution in [2.75, 3.05) is 7.11 Å². The molecule has 9 heteroatoms. The Morgan fingerprint density at radius 2 is 1.88 bits per heavy atom. The van der Waals surface area contributed by atoms with E-state index in [0.717, 1.165) is 35.1 Å². The van der Waals surface area contributed by atoms with Crippen LogP contribution in [0.4, 0.5) is 13.2 Å². The third-order valence-electron chi connectivity index (χ3n) is 3.51. The summed E-state index contributed by atoms with van der Waals surface area (Å²) in [7, 11) is 1.15. The molecule has 0 N–H and O–H groups in total. The number of methoxy groups -OCH3 is 1. The Bertz CT molecular complexity index is 1090. The van der Waals surface area contributed by atoms with Crippen LogP contribution in [-0.2, 0) is 16.1 Å². The molecule has 0 spiro atoms. The molecule has 0 saturated heterocycles. The third-order valence-corrected chi connectivity index (χ3v) is 4.54. The van der Waals surface area contributed by atoms with Crippen LogP contribution in [0, 0.1) is 17.5 Å². The predicted molar refractivity (Wildman–Crippen MR) is 88.0 cm³/mol. The van der Waals surface area contributed by atoms with Crippen molar-refractivity contribution in [3.8, 4) is 0 Å². The number of esters is 1. The zero-order valence-electron chi connectivity index (χ0n) is 13.3. The maximum Gasteiger partial charge on any atom is 0.325 e. The van der Waals surface area contributed by atoms with E-state index in [9.17, 15) is 22.8 Å². The Morgan fingerprint density at radius 1 is 1.15 bits per heavy atom. The van der Waals surface area contributed by atoms with Crippen molar-refractivity contribution in [1.29, 1.82) is 0 Å². The van der Waals surface area contributed by atoms with E-state index >= 15 is 0 Å². The molecule has 1 aromatic heterocycles. The van der Waals surface area contributed by atoms with Crippen LogP contribution in [0.5, 0.6) is 0 Å². The average Bonchev–Trinajstić information content (AvgIpc) is 2.92. The van der Waals surface area contributed by atoms with Gasteiger partial charge in [0.15, 0.2) is 10.6 Å². The zero-order valence-corrected chi connectivity index (χ0v) is 14.1. The number of hydrogen-bond donors (Lipinski definition) is 0. The normalized spacial score (nSPS) is 11.8. The van der Waals surface area contributed by atoms with Gasteiger partial charge in [-0.15, -0.1) is 0 Å². The SMILES string of the molecule is COC(=O)Cn1c(=NC(=O)c2ccccc2F)sc2cc(F)cc(F)c21. The van der Waals surface area contributed by atoms with E-state index in [-0.39, 0.29) is 20.6 Å². The molecule has 1 heterocycles. The molecular weight excluding hydrogens is 369 g/mol. The lowest BCUT2D eigenvalue weighted by Crippen LogP contribution is -2.23. The van der Waals surface area contributed by atoms with Crippen molar-refractivity contribution in [1.82, 2.24) is 4.57 Å².